The first kappa shape index (κ1) is 32.3. The van der Waals surface area contributed by atoms with E-state index in [1.165, 1.54) is 4.90 Å². The van der Waals surface area contributed by atoms with Crippen molar-refractivity contribution in [2.45, 2.75) is 36.3 Å². The van der Waals surface area contributed by atoms with Gasteiger partial charge < -0.3 is 35.1 Å². The number of hydrogen-bond acceptors (Lipinski definition) is 13. The molecule has 13 nitrogen and oxygen atoms in total. The van der Waals surface area contributed by atoms with Crippen LogP contribution in [0.2, 0.25) is 0 Å². The number of nitrogens with zero attached hydrogens (tertiary/aromatic N) is 3. The normalized spacial score (nSPS) is 23.9. The van der Waals surface area contributed by atoms with Crippen molar-refractivity contribution >= 4 is 57.8 Å². The standard InChI is InChI=1S/C33H34N4O9S/c1-36(2)20-12-19-28(46-32(35-19)47-14-21(38)45-13-15-8-6-5-7-9-15)23-17(20)10-16-11-18-25(37(3)4)27(40)24(31(34)43)30(42)33(18,44)29(41)22(16)26(23)39/h5-9,12,16,18,25,39,42,44H,10-11,13-14H2,1-4H3,(H2,34,43)/t16-,18-,25-,33-/m0/s1. The summed E-state index contributed by atoms with van der Waals surface area (Å²) in [6.45, 7) is 0.118. The van der Waals surface area contributed by atoms with Crippen LogP contribution in [0.3, 0.4) is 0 Å². The number of thioether (sulfide) groups is 1. The van der Waals surface area contributed by atoms with Crippen LogP contribution < -0.4 is 10.6 Å². The quantitative estimate of drug-likeness (QED) is 0.156. The average molecular weight is 663 g/mol. The summed E-state index contributed by atoms with van der Waals surface area (Å²) >= 11 is 1.01. The lowest BCUT2D eigenvalue weighted by atomic mass is 9.57. The fourth-order valence-electron chi connectivity index (χ4n) is 7.02. The third-order valence-corrected chi connectivity index (χ3v) is 9.90. The number of benzene rings is 2. The number of rotatable bonds is 8. The van der Waals surface area contributed by atoms with Gasteiger partial charge in [-0.05, 0) is 50.0 Å². The lowest BCUT2D eigenvalue weighted by Crippen LogP contribution is -2.65. The minimum absolute atomic E-state index is 0.0271. The Morgan fingerprint density at radius 2 is 1.85 bits per heavy atom. The number of Topliss-reactive ketones (excluding diaryl/α,β-unsaturated/α-hetero) is 2. The molecular weight excluding hydrogens is 628 g/mol. The van der Waals surface area contributed by atoms with Crippen molar-refractivity contribution in [2.75, 3.05) is 38.8 Å². The molecule has 246 valence electrons. The number of aliphatic hydroxyl groups is 3. The second-order valence-corrected chi connectivity index (χ2v) is 13.3. The topological polar surface area (TPSA) is 197 Å². The highest BCUT2D eigenvalue weighted by atomic mass is 32.2. The highest BCUT2D eigenvalue weighted by Crippen LogP contribution is 2.53. The zero-order valence-electron chi connectivity index (χ0n) is 26.1. The number of aliphatic hydroxyl groups excluding tert-OH is 2. The number of likely N-dealkylation sites (N-methyl/N-ethyl adjacent to an activating group) is 1. The van der Waals surface area contributed by atoms with E-state index in [1.807, 2.05) is 49.3 Å². The molecule has 3 aliphatic rings. The third kappa shape index (κ3) is 5.16. The second kappa shape index (κ2) is 11.9. The first-order chi connectivity index (χ1) is 22.2. The average Bonchev–Trinajstić information content (AvgIpc) is 3.43. The molecule has 1 fully saturated rings. The van der Waals surface area contributed by atoms with Crippen LogP contribution in [-0.2, 0) is 36.9 Å². The fourth-order valence-corrected chi connectivity index (χ4v) is 7.65. The third-order valence-electron chi connectivity index (χ3n) is 9.10. The van der Waals surface area contributed by atoms with E-state index in [0.717, 1.165) is 17.3 Å². The molecule has 2 aromatic carbocycles. The molecule has 1 heterocycles. The number of ketones is 2. The van der Waals surface area contributed by atoms with Gasteiger partial charge in [0.2, 0.25) is 5.78 Å². The van der Waals surface area contributed by atoms with Crippen molar-refractivity contribution in [1.82, 2.24) is 9.88 Å². The van der Waals surface area contributed by atoms with Gasteiger partial charge in [0.1, 0.15) is 35.0 Å². The van der Waals surface area contributed by atoms with Crippen LogP contribution in [0, 0.1) is 11.8 Å². The van der Waals surface area contributed by atoms with Gasteiger partial charge >= 0.3 is 5.97 Å². The maximum absolute atomic E-state index is 14.2. The number of oxazole rings is 1. The lowest BCUT2D eigenvalue weighted by Gasteiger charge is -2.50. The zero-order chi connectivity index (χ0) is 33.9. The van der Waals surface area contributed by atoms with Gasteiger partial charge in [0.25, 0.3) is 11.1 Å². The number of anilines is 1. The predicted octanol–water partition coefficient (Wildman–Crippen LogP) is 2.30. The first-order valence-corrected chi connectivity index (χ1v) is 15.8. The molecule has 0 aliphatic heterocycles. The number of fused-ring (bicyclic) bond motifs is 5. The number of carbonyl (C=O) groups excluding carboxylic acids is 4. The number of ether oxygens (including phenoxy) is 1. The number of nitrogens with two attached hydrogens (primary N) is 1. The molecule has 1 aromatic heterocycles. The monoisotopic (exact) mass is 662 g/mol. The molecule has 0 unspecified atom stereocenters. The molecule has 1 amide bonds. The van der Waals surface area contributed by atoms with Gasteiger partial charge in [-0.2, -0.15) is 0 Å². The minimum atomic E-state index is -2.69. The highest BCUT2D eigenvalue weighted by molar-refractivity contribution is 7.99. The Labute approximate surface area is 273 Å². The molecule has 4 atom stereocenters. The summed E-state index contributed by atoms with van der Waals surface area (Å²) in [7, 11) is 6.77. The Morgan fingerprint density at radius 3 is 2.49 bits per heavy atom. The van der Waals surface area contributed by atoms with Gasteiger partial charge in [0, 0.05) is 31.3 Å². The van der Waals surface area contributed by atoms with Crippen molar-refractivity contribution in [3.05, 3.63) is 70.0 Å². The van der Waals surface area contributed by atoms with E-state index in [4.69, 9.17) is 14.9 Å². The van der Waals surface area contributed by atoms with Crippen LogP contribution in [0.25, 0.3) is 16.9 Å². The summed E-state index contributed by atoms with van der Waals surface area (Å²) in [6, 6.07) is 9.89. The number of carbonyl (C=O) groups is 4. The zero-order valence-corrected chi connectivity index (χ0v) is 27.0. The SMILES string of the molecule is CN(C)c1cc2nc(SCC(=O)OCc3ccccc3)oc2c2c1C[C@H]1C[C@H]3[C@H](N(C)C)C(=O)C(C(N)=O)=C(O)[C@@]3(O)C(=O)C1=C2O. The van der Waals surface area contributed by atoms with E-state index in [1.54, 1.807) is 20.2 Å². The van der Waals surface area contributed by atoms with Crippen molar-refractivity contribution in [3.63, 3.8) is 0 Å². The number of aromatic nitrogens is 1. The van der Waals surface area contributed by atoms with E-state index < -0.39 is 64.0 Å². The Bertz CT molecular complexity index is 1900. The van der Waals surface area contributed by atoms with E-state index >= 15 is 0 Å². The predicted molar refractivity (Wildman–Crippen MR) is 171 cm³/mol. The van der Waals surface area contributed by atoms with E-state index in [0.29, 0.717) is 16.8 Å². The molecule has 3 aliphatic carbocycles. The Kier molecular flexibility index (Phi) is 8.14. The van der Waals surface area contributed by atoms with Gasteiger partial charge in [-0.25, -0.2) is 4.98 Å². The van der Waals surface area contributed by atoms with Gasteiger partial charge in [0.05, 0.1) is 11.6 Å². The molecule has 0 spiro atoms. The molecule has 47 heavy (non-hydrogen) atoms. The molecule has 3 aromatic rings. The summed E-state index contributed by atoms with van der Waals surface area (Å²) in [5, 5.41) is 35.0. The van der Waals surface area contributed by atoms with Gasteiger partial charge in [-0.3, -0.25) is 24.1 Å². The van der Waals surface area contributed by atoms with Crippen LogP contribution in [0.4, 0.5) is 5.69 Å². The van der Waals surface area contributed by atoms with Crippen molar-refractivity contribution in [2.24, 2.45) is 17.6 Å². The van der Waals surface area contributed by atoms with Crippen LogP contribution in [0.1, 0.15) is 23.1 Å². The largest absolute Gasteiger partial charge is 0.508 e. The number of amides is 1. The van der Waals surface area contributed by atoms with Crippen LogP contribution in [-0.4, -0.2) is 94.2 Å². The van der Waals surface area contributed by atoms with Crippen molar-refractivity contribution in [1.29, 1.82) is 0 Å². The van der Waals surface area contributed by atoms with Crippen molar-refractivity contribution < 1.29 is 43.7 Å². The van der Waals surface area contributed by atoms with Crippen LogP contribution >= 0.6 is 11.8 Å². The molecule has 1 saturated carbocycles. The Morgan fingerprint density at radius 1 is 1.15 bits per heavy atom. The number of esters is 1. The molecular formula is C33H34N4O9S. The number of hydrogen-bond donors (Lipinski definition) is 4. The summed E-state index contributed by atoms with van der Waals surface area (Å²) in [4.78, 5) is 60.1. The molecule has 14 heteroatoms. The molecule has 5 N–H and O–H groups in total. The minimum Gasteiger partial charge on any atom is -0.508 e. The molecule has 0 saturated heterocycles. The summed E-state index contributed by atoms with van der Waals surface area (Å²) in [5.41, 5.74) is 4.63. The van der Waals surface area contributed by atoms with Crippen LogP contribution in [0.5, 0.6) is 0 Å². The Hall–Kier alpha value is -4.66. The maximum atomic E-state index is 14.2. The van der Waals surface area contributed by atoms with E-state index in [-0.39, 0.29) is 47.1 Å². The highest BCUT2D eigenvalue weighted by Gasteiger charge is 2.64. The smallest absolute Gasteiger partial charge is 0.316 e. The molecule has 0 bridgehead atoms. The van der Waals surface area contributed by atoms with Crippen LogP contribution in [0.15, 0.2) is 62.9 Å². The maximum Gasteiger partial charge on any atom is 0.316 e. The second-order valence-electron chi connectivity index (χ2n) is 12.4. The summed E-state index contributed by atoms with van der Waals surface area (Å²) in [5.74, 6) is -7.04. The lowest BCUT2D eigenvalue weighted by molar-refractivity contribution is -0.153. The molecule has 6 rings (SSSR count). The number of primary amides is 1. The van der Waals surface area contributed by atoms with Gasteiger partial charge in [0.15, 0.2) is 17.0 Å². The van der Waals surface area contributed by atoms with Gasteiger partial charge in [-0.1, -0.05) is 42.1 Å². The van der Waals surface area contributed by atoms with E-state index in [9.17, 15) is 34.5 Å². The first-order valence-electron chi connectivity index (χ1n) is 14.9. The van der Waals surface area contributed by atoms with Gasteiger partial charge in [-0.15, -0.1) is 0 Å². The van der Waals surface area contributed by atoms with E-state index in [2.05, 4.69) is 4.98 Å². The molecule has 0 radical (unpaired) electrons. The Balaban J connectivity index is 1.40. The summed E-state index contributed by atoms with van der Waals surface area (Å²) in [6.07, 6.45) is 0.256. The summed E-state index contributed by atoms with van der Waals surface area (Å²) < 4.78 is 11.4. The fraction of sp³-hybridized carbons (Fsp3) is 0.364. The van der Waals surface area contributed by atoms with Crippen molar-refractivity contribution in [3.8, 4) is 0 Å².